The van der Waals surface area contributed by atoms with Crippen molar-refractivity contribution in [2.75, 3.05) is 44.2 Å². The highest BCUT2D eigenvalue weighted by molar-refractivity contribution is 7.91. The Morgan fingerprint density at radius 3 is 2.82 bits per heavy atom. The van der Waals surface area contributed by atoms with Crippen molar-refractivity contribution in [3.8, 4) is 0 Å². The topological polar surface area (TPSA) is 49.4 Å². The van der Waals surface area contributed by atoms with Crippen molar-refractivity contribution in [1.29, 1.82) is 0 Å². The standard InChI is InChI=1S/C12H24N2O2S/c1-12(2)9-13-4-5-14(10-12)7-11-3-6-17(15,16)8-11/h11,13H,3-10H2,1-2H3. The molecule has 0 aromatic rings. The van der Waals surface area contributed by atoms with Gasteiger partial charge in [-0.2, -0.15) is 0 Å². The number of nitrogens with one attached hydrogen (secondary N) is 1. The van der Waals surface area contributed by atoms with Crippen molar-refractivity contribution in [3.63, 3.8) is 0 Å². The minimum atomic E-state index is -2.73. The predicted molar refractivity (Wildman–Crippen MR) is 69.9 cm³/mol. The molecule has 100 valence electrons. The number of hydrogen-bond acceptors (Lipinski definition) is 4. The zero-order chi connectivity index (χ0) is 12.5. The molecule has 2 saturated heterocycles. The van der Waals surface area contributed by atoms with Gasteiger partial charge in [-0.25, -0.2) is 8.42 Å². The molecule has 0 bridgehead atoms. The second-order valence-corrected chi connectivity index (χ2v) is 8.57. The Morgan fingerprint density at radius 1 is 1.41 bits per heavy atom. The Balaban J connectivity index is 1.90. The van der Waals surface area contributed by atoms with Gasteiger partial charge in [-0.05, 0) is 17.8 Å². The highest BCUT2D eigenvalue weighted by Crippen LogP contribution is 2.23. The van der Waals surface area contributed by atoms with Crippen LogP contribution in [0.4, 0.5) is 0 Å². The molecule has 1 atom stereocenters. The van der Waals surface area contributed by atoms with Gasteiger partial charge in [0, 0.05) is 32.7 Å². The van der Waals surface area contributed by atoms with Crippen LogP contribution in [-0.4, -0.2) is 57.5 Å². The average Bonchev–Trinajstić information content (AvgIpc) is 2.41. The Labute approximate surface area is 105 Å². The van der Waals surface area contributed by atoms with Crippen LogP contribution in [-0.2, 0) is 9.84 Å². The number of rotatable bonds is 2. The molecule has 2 aliphatic heterocycles. The molecule has 2 rings (SSSR count). The second-order valence-electron chi connectivity index (χ2n) is 6.35. The first-order valence-corrected chi connectivity index (χ1v) is 8.32. The predicted octanol–water partition coefficient (Wildman–Crippen LogP) is 0.353. The van der Waals surface area contributed by atoms with Crippen molar-refractivity contribution >= 4 is 9.84 Å². The van der Waals surface area contributed by atoms with Gasteiger partial charge >= 0.3 is 0 Å². The van der Waals surface area contributed by atoms with Gasteiger partial charge < -0.3 is 10.2 Å². The van der Waals surface area contributed by atoms with Crippen LogP contribution in [0.3, 0.4) is 0 Å². The number of nitrogens with zero attached hydrogens (tertiary/aromatic N) is 1. The summed E-state index contributed by atoms with van der Waals surface area (Å²) in [7, 11) is -2.73. The van der Waals surface area contributed by atoms with Gasteiger partial charge in [0.25, 0.3) is 0 Å². The molecule has 0 aromatic heterocycles. The van der Waals surface area contributed by atoms with E-state index in [1.54, 1.807) is 0 Å². The lowest BCUT2D eigenvalue weighted by molar-refractivity contribution is 0.186. The van der Waals surface area contributed by atoms with Crippen LogP contribution in [0.2, 0.25) is 0 Å². The van der Waals surface area contributed by atoms with E-state index in [-0.39, 0.29) is 5.41 Å². The third-order valence-corrected chi connectivity index (χ3v) is 5.54. The summed E-state index contributed by atoms with van der Waals surface area (Å²) in [4.78, 5) is 2.44. The Hall–Kier alpha value is -0.130. The Bertz CT molecular complexity index is 365. The molecule has 17 heavy (non-hydrogen) atoms. The van der Waals surface area contributed by atoms with Gasteiger partial charge in [-0.3, -0.25) is 0 Å². The lowest BCUT2D eigenvalue weighted by Crippen LogP contribution is -2.38. The molecule has 2 heterocycles. The molecule has 0 aromatic carbocycles. The molecular formula is C12H24N2O2S. The van der Waals surface area contributed by atoms with Gasteiger partial charge in [0.15, 0.2) is 9.84 Å². The first kappa shape index (κ1) is 13.3. The largest absolute Gasteiger partial charge is 0.315 e. The molecule has 1 N–H and O–H groups in total. The molecule has 0 radical (unpaired) electrons. The maximum absolute atomic E-state index is 11.4. The third kappa shape index (κ3) is 3.93. The summed E-state index contributed by atoms with van der Waals surface area (Å²) in [6, 6.07) is 0. The molecule has 1 unspecified atom stereocenters. The summed E-state index contributed by atoms with van der Waals surface area (Å²) in [6.07, 6.45) is 0.854. The van der Waals surface area contributed by atoms with E-state index in [1.807, 2.05) is 0 Å². The van der Waals surface area contributed by atoms with Crippen LogP contribution in [0.15, 0.2) is 0 Å². The summed E-state index contributed by atoms with van der Waals surface area (Å²) >= 11 is 0. The zero-order valence-corrected chi connectivity index (χ0v) is 11.7. The zero-order valence-electron chi connectivity index (χ0n) is 10.9. The van der Waals surface area contributed by atoms with Crippen molar-refractivity contribution in [3.05, 3.63) is 0 Å². The van der Waals surface area contributed by atoms with E-state index >= 15 is 0 Å². The molecule has 5 heteroatoms. The van der Waals surface area contributed by atoms with Crippen LogP contribution < -0.4 is 5.32 Å². The van der Waals surface area contributed by atoms with Crippen molar-refractivity contribution < 1.29 is 8.42 Å². The Kier molecular flexibility index (Phi) is 3.80. The minimum absolute atomic E-state index is 0.286. The summed E-state index contributed by atoms with van der Waals surface area (Å²) in [6.45, 7) is 9.66. The van der Waals surface area contributed by atoms with Crippen molar-refractivity contribution in [1.82, 2.24) is 10.2 Å². The van der Waals surface area contributed by atoms with E-state index in [4.69, 9.17) is 0 Å². The molecular weight excluding hydrogens is 236 g/mol. The van der Waals surface area contributed by atoms with Gasteiger partial charge in [0.05, 0.1) is 11.5 Å². The summed E-state index contributed by atoms with van der Waals surface area (Å²) < 4.78 is 22.9. The second kappa shape index (κ2) is 4.86. The fraction of sp³-hybridized carbons (Fsp3) is 1.00. The van der Waals surface area contributed by atoms with E-state index < -0.39 is 9.84 Å². The van der Waals surface area contributed by atoms with Gasteiger partial charge in [0.2, 0.25) is 0 Å². The van der Waals surface area contributed by atoms with Crippen LogP contribution in [0.1, 0.15) is 20.3 Å². The van der Waals surface area contributed by atoms with E-state index in [9.17, 15) is 8.42 Å². The lowest BCUT2D eigenvalue weighted by atomic mass is 9.93. The quantitative estimate of drug-likeness (QED) is 0.778. The minimum Gasteiger partial charge on any atom is -0.315 e. The summed E-state index contributed by atoms with van der Waals surface area (Å²) in [5.74, 6) is 1.15. The SMILES string of the molecule is CC1(C)CNCCN(CC2CCS(=O)(=O)C2)C1. The normalized spacial score (nSPS) is 33.4. The monoisotopic (exact) mass is 260 g/mol. The fourth-order valence-corrected chi connectivity index (χ4v) is 4.79. The van der Waals surface area contributed by atoms with Gasteiger partial charge in [-0.1, -0.05) is 13.8 Å². The smallest absolute Gasteiger partial charge is 0.150 e. The van der Waals surface area contributed by atoms with Crippen LogP contribution in [0.5, 0.6) is 0 Å². The van der Waals surface area contributed by atoms with E-state index in [2.05, 4.69) is 24.1 Å². The molecule has 4 nitrogen and oxygen atoms in total. The van der Waals surface area contributed by atoms with Crippen molar-refractivity contribution in [2.45, 2.75) is 20.3 Å². The number of hydrogen-bond donors (Lipinski definition) is 1. The molecule has 0 spiro atoms. The van der Waals surface area contributed by atoms with Crippen LogP contribution in [0, 0.1) is 11.3 Å². The molecule has 2 fully saturated rings. The first-order valence-electron chi connectivity index (χ1n) is 6.50. The van der Waals surface area contributed by atoms with Crippen LogP contribution >= 0.6 is 0 Å². The summed E-state index contributed by atoms with van der Waals surface area (Å²) in [5, 5.41) is 3.45. The van der Waals surface area contributed by atoms with E-state index in [1.165, 1.54) is 0 Å². The molecule has 0 aliphatic carbocycles. The maximum Gasteiger partial charge on any atom is 0.150 e. The van der Waals surface area contributed by atoms with E-state index in [0.717, 1.165) is 39.1 Å². The molecule has 2 aliphatic rings. The highest BCUT2D eigenvalue weighted by Gasteiger charge is 2.31. The summed E-state index contributed by atoms with van der Waals surface area (Å²) in [5.41, 5.74) is 0.286. The molecule has 0 saturated carbocycles. The molecule has 0 amide bonds. The lowest BCUT2D eigenvalue weighted by Gasteiger charge is -2.30. The third-order valence-electron chi connectivity index (χ3n) is 3.70. The van der Waals surface area contributed by atoms with Crippen molar-refractivity contribution in [2.24, 2.45) is 11.3 Å². The maximum atomic E-state index is 11.4. The van der Waals surface area contributed by atoms with Gasteiger partial charge in [-0.15, -0.1) is 0 Å². The average molecular weight is 260 g/mol. The number of sulfone groups is 1. The van der Waals surface area contributed by atoms with Gasteiger partial charge in [0.1, 0.15) is 0 Å². The fourth-order valence-electron chi connectivity index (χ4n) is 2.94. The first-order chi connectivity index (χ1) is 7.86. The highest BCUT2D eigenvalue weighted by atomic mass is 32.2. The van der Waals surface area contributed by atoms with E-state index in [0.29, 0.717) is 17.4 Å². The Morgan fingerprint density at radius 2 is 2.18 bits per heavy atom. The van der Waals surface area contributed by atoms with Crippen LogP contribution in [0.25, 0.3) is 0 Å².